The van der Waals surface area contributed by atoms with E-state index in [4.69, 9.17) is 9.84 Å². The largest absolute Gasteiger partial charge is 0.489 e. The highest BCUT2D eigenvalue weighted by molar-refractivity contribution is 5.54. The van der Waals surface area contributed by atoms with Gasteiger partial charge in [-0.15, -0.1) is 0 Å². The van der Waals surface area contributed by atoms with Crippen LogP contribution in [0.5, 0.6) is 5.75 Å². The third kappa shape index (κ3) is 6.35. The van der Waals surface area contributed by atoms with E-state index in [-0.39, 0.29) is 12.5 Å². The average molecular weight is 395 g/mol. The van der Waals surface area contributed by atoms with E-state index in [1.165, 1.54) is 6.07 Å². The Balaban J connectivity index is 0.00000136. The lowest BCUT2D eigenvalue weighted by molar-refractivity contribution is -0.137. The van der Waals surface area contributed by atoms with Gasteiger partial charge in [-0.1, -0.05) is 24.3 Å². The predicted octanol–water partition coefficient (Wildman–Crippen LogP) is 3.91. The van der Waals surface area contributed by atoms with Crippen molar-refractivity contribution in [3.05, 3.63) is 65.2 Å². The highest BCUT2D eigenvalue weighted by atomic mass is 19.4. The third-order valence-electron chi connectivity index (χ3n) is 4.49. The molecule has 0 saturated carbocycles. The number of ether oxygens (including phenoxy) is 1. The molecule has 1 aliphatic heterocycles. The van der Waals surface area contributed by atoms with Crippen molar-refractivity contribution in [1.29, 1.82) is 0 Å². The van der Waals surface area contributed by atoms with Crippen LogP contribution < -0.4 is 4.74 Å². The first-order valence-electron chi connectivity index (χ1n) is 8.94. The number of hydrogen-bond donors (Lipinski definition) is 1. The Morgan fingerprint density at radius 3 is 2.46 bits per heavy atom. The zero-order chi connectivity index (χ0) is 20.6. The zero-order valence-electron chi connectivity index (χ0n) is 15.7. The van der Waals surface area contributed by atoms with Crippen LogP contribution in [0, 0.1) is 5.92 Å². The summed E-state index contributed by atoms with van der Waals surface area (Å²) in [5, 5.41) is 7.00. The second-order valence-corrected chi connectivity index (χ2v) is 6.55. The van der Waals surface area contributed by atoms with Gasteiger partial charge in [0.1, 0.15) is 18.6 Å². The fraction of sp³-hybridized carbons (Fsp3) is 0.381. The van der Waals surface area contributed by atoms with E-state index in [1.807, 2.05) is 24.3 Å². The molecular weight excluding hydrogens is 371 g/mol. The first kappa shape index (κ1) is 21.9. The number of benzene rings is 2. The van der Waals surface area contributed by atoms with E-state index in [9.17, 15) is 18.0 Å². The van der Waals surface area contributed by atoms with E-state index in [2.05, 4.69) is 4.90 Å². The van der Waals surface area contributed by atoms with Crippen molar-refractivity contribution < 1.29 is 27.8 Å². The van der Waals surface area contributed by atoms with Crippen LogP contribution >= 0.6 is 0 Å². The molecule has 152 valence electrons. The fourth-order valence-corrected chi connectivity index (χ4v) is 3.07. The Kier molecular flexibility index (Phi) is 8.02. The number of aldehydes is 1. The summed E-state index contributed by atoms with van der Waals surface area (Å²) in [6.07, 6.45) is -2.43. The highest BCUT2D eigenvalue weighted by Crippen LogP contribution is 2.29. The van der Waals surface area contributed by atoms with Gasteiger partial charge in [0.05, 0.1) is 5.56 Å². The highest BCUT2D eigenvalue weighted by Gasteiger charge is 2.30. The average Bonchev–Trinajstić information content (AvgIpc) is 3.16. The molecule has 3 rings (SSSR count). The van der Waals surface area contributed by atoms with E-state index in [0.29, 0.717) is 11.3 Å². The summed E-state index contributed by atoms with van der Waals surface area (Å²) in [6, 6.07) is 12.7. The number of carbonyl (C=O) groups is 1. The maximum atomic E-state index is 12.7. The van der Waals surface area contributed by atoms with Gasteiger partial charge in [-0.05, 0) is 48.4 Å². The fourth-order valence-electron chi connectivity index (χ4n) is 3.07. The summed E-state index contributed by atoms with van der Waals surface area (Å²) in [7, 11) is 1.00. The number of alkyl halides is 3. The van der Waals surface area contributed by atoms with Crippen molar-refractivity contribution in [2.45, 2.75) is 25.7 Å². The molecule has 4 nitrogen and oxygen atoms in total. The molecule has 2 aromatic carbocycles. The standard InChI is InChI=1S/C20H20F3NO2.CH4O/c21-20(22,23)18-3-1-2-16(10-18)14-26-19-6-4-15(5-7-19)11-24-9-8-17(12-24)13-25;1-2/h1-7,10,13,17H,8-9,11-12,14H2;2H,1H3. The van der Waals surface area contributed by atoms with E-state index in [1.54, 1.807) is 6.07 Å². The van der Waals surface area contributed by atoms with Gasteiger partial charge in [-0.2, -0.15) is 13.2 Å². The zero-order valence-corrected chi connectivity index (χ0v) is 15.7. The van der Waals surface area contributed by atoms with Gasteiger partial charge in [0.15, 0.2) is 0 Å². The summed E-state index contributed by atoms with van der Waals surface area (Å²) >= 11 is 0. The molecule has 0 spiro atoms. The molecule has 0 aromatic heterocycles. The molecule has 0 aliphatic carbocycles. The smallest absolute Gasteiger partial charge is 0.416 e. The minimum Gasteiger partial charge on any atom is -0.489 e. The molecule has 1 unspecified atom stereocenters. The molecule has 0 bridgehead atoms. The van der Waals surface area contributed by atoms with Crippen molar-refractivity contribution in [2.24, 2.45) is 5.92 Å². The molecule has 7 heteroatoms. The summed E-state index contributed by atoms with van der Waals surface area (Å²) < 4.78 is 43.8. The number of aliphatic hydroxyl groups is 1. The lowest BCUT2D eigenvalue weighted by atomic mass is 10.1. The number of aliphatic hydroxyl groups excluding tert-OH is 1. The van der Waals surface area contributed by atoms with Crippen molar-refractivity contribution >= 4 is 6.29 Å². The molecular formula is C21H24F3NO3. The van der Waals surface area contributed by atoms with Gasteiger partial charge in [0.2, 0.25) is 0 Å². The Morgan fingerprint density at radius 2 is 1.86 bits per heavy atom. The summed E-state index contributed by atoms with van der Waals surface area (Å²) in [4.78, 5) is 13.0. The number of carbonyl (C=O) groups excluding carboxylic acids is 1. The van der Waals surface area contributed by atoms with Gasteiger partial charge in [-0.25, -0.2) is 0 Å². The number of rotatable bonds is 6. The molecule has 28 heavy (non-hydrogen) atoms. The van der Waals surface area contributed by atoms with E-state index < -0.39 is 11.7 Å². The lowest BCUT2D eigenvalue weighted by Crippen LogP contribution is -2.20. The Labute approximate surface area is 162 Å². The summed E-state index contributed by atoms with van der Waals surface area (Å²) in [6.45, 7) is 2.56. The SMILES string of the molecule is CO.O=CC1CCN(Cc2ccc(OCc3cccc(C(F)(F)F)c3)cc2)C1. The van der Waals surface area contributed by atoms with E-state index in [0.717, 1.165) is 57.1 Å². The van der Waals surface area contributed by atoms with Gasteiger partial charge >= 0.3 is 6.18 Å². The summed E-state index contributed by atoms with van der Waals surface area (Å²) in [5.74, 6) is 0.739. The quantitative estimate of drug-likeness (QED) is 0.754. The topological polar surface area (TPSA) is 49.8 Å². The van der Waals surface area contributed by atoms with E-state index >= 15 is 0 Å². The van der Waals surface area contributed by atoms with Gasteiger partial charge in [0, 0.05) is 26.1 Å². The van der Waals surface area contributed by atoms with Crippen LogP contribution in [0.4, 0.5) is 13.2 Å². The first-order valence-corrected chi connectivity index (χ1v) is 8.94. The third-order valence-corrected chi connectivity index (χ3v) is 4.49. The molecule has 0 amide bonds. The molecule has 1 heterocycles. The predicted molar refractivity (Wildman–Crippen MR) is 99.8 cm³/mol. The lowest BCUT2D eigenvalue weighted by Gasteiger charge is -2.15. The monoisotopic (exact) mass is 395 g/mol. The molecule has 1 fully saturated rings. The van der Waals surface area contributed by atoms with Crippen LogP contribution in [0.3, 0.4) is 0 Å². The number of halogens is 3. The van der Waals surface area contributed by atoms with Crippen LogP contribution in [0.25, 0.3) is 0 Å². The van der Waals surface area contributed by atoms with Crippen molar-refractivity contribution in [3.63, 3.8) is 0 Å². The van der Waals surface area contributed by atoms with Crippen LogP contribution in [0.1, 0.15) is 23.1 Å². The summed E-state index contributed by atoms with van der Waals surface area (Å²) in [5.41, 5.74) is 0.914. The van der Waals surface area contributed by atoms with Crippen LogP contribution in [-0.4, -0.2) is 36.5 Å². The maximum Gasteiger partial charge on any atom is 0.416 e. The van der Waals surface area contributed by atoms with Gasteiger partial charge in [0.25, 0.3) is 0 Å². The molecule has 0 radical (unpaired) electrons. The second kappa shape index (κ2) is 10.2. The molecule has 1 saturated heterocycles. The van der Waals surface area contributed by atoms with Crippen molar-refractivity contribution in [2.75, 3.05) is 20.2 Å². The van der Waals surface area contributed by atoms with Crippen LogP contribution in [-0.2, 0) is 24.1 Å². The number of nitrogens with zero attached hydrogens (tertiary/aromatic N) is 1. The van der Waals surface area contributed by atoms with Crippen LogP contribution in [0.2, 0.25) is 0 Å². The van der Waals surface area contributed by atoms with Crippen molar-refractivity contribution in [1.82, 2.24) is 4.90 Å². The Bertz CT molecular complexity index is 747. The molecule has 1 atom stereocenters. The minimum absolute atomic E-state index is 0.0798. The van der Waals surface area contributed by atoms with Gasteiger partial charge in [-0.3, -0.25) is 4.90 Å². The first-order chi connectivity index (χ1) is 13.4. The normalized spacial score (nSPS) is 17.0. The maximum absolute atomic E-state index is 12.7. The second-order valence-electron chi connectivity index (χ2n) is 6.55. The number of hydrogen-bond acceptors (Lipinski definition) is 4. The Morgan fingerprint density at radius 1 is 1.14 bits per heavy atom. The van der Waals surface area contributed by atoms with Gasteiger partial charge < -0.3 is 14.6 Å². The Hall–Kier alpha value is -2.38. The molecule has 2 aromatic rings. The van der Waals surface area contributed by atoms with Crippen LogP contribution in [0.15, 0.2) is 48.5 Å². The number of likely N-dealkylation sites (tertiary alicyclic amines) is 1. The van der Waals surface area contributed by atoms with Crippen molar-refractivity contribution in [3.8, 4) is 5.75 Å². The molecule has 1 N–H and O–H groups in total. The molecule has 1 aliphatic rings. The minimum atomic E-state index is -4.35.